The van der Waals surface area contributed by atoms with E-state index >= 15 is 0 Å². The molecule has 0 aliphatic heterocycles. The van der Waals surface area contributed by atoms with E-state index < -0.39 is 5.97 Å². The third-order valence-corrected chi connectivity index (χ3v) is 6.22. The molecule has 3 rings (SSSR count). The summed E-state index contributed by atoms with van der Waals surface area (Å²) >= 11 is 0. The molecule has 1 aliphatic rings. The number of benzene rings is 2. The van der Waals surface area contributed by atoms with E-state index in [0.29, 0.717) is 29.3 Å². The van der Waals surface area contributed by atoms with Crippen molar-refractivity contribution in [2.24, 2.45) is 0 Å². The molecule has 0 heterocycles. The molecule has 2 aromatic carbocycles. The molecule has 2 N–H and O–H groups in total. The number of ether oxygens (including phenoxy) is 3. The number of hydrogen-bond acceptors (Lipinski definition) is 6. The Bertz CT molecular complexity index is 1050. The Morgan fingerprint density at radius 2 is 1.58 bits per heavy atom. The van der Waals surface area contributed by atoms with Crippen LogP contribution in [0.5, 0.6) is 17.2 Å². The van der Waals surface area contributed by atoms with Crippen molar-refractivity contribution >= 4 is 11.9 Å². The van der Waals surface area contributed by atoms with Crippen LogP contribution in [0.1, 0.15) is 47.1 Å². The number of nitrogens with one attached hydrogen (secondary N) is 1. The highest BCUT2D eigenvalue weighted by atomic mass is 16.5. The summed E-state index contributed by atoms with van der Waals surface area (Å²) in [5.74, 6) is 1.99. The number of nitrogens with zero attached hydrogens (tertiary/aromatic N) is 1. The van der Waals surface area contributed by atoms with Crippen molar-refractivity contribution in [2.45, 2.75) is 45.4 Å². The average molecular weight is 501 g/mol. The molecule has 0 bridgehead atoms. The van der Waals surface area contributed by atoms with Crippen molar-refractivity contribution in [3.05, 3.63) is 52.1 Å². The molecule has 1 amide bonds. The van der Waals surface area contributed by atoms with Gasteiger partial charge in [0, 0.05) is 6.54 Å². The van der Waals surface area contributed by atoms with Gasteiger partial charge in [-0.25, -0.2) is 0 Å². The maximum absolute atomic E-state index is 12.1. The van der Waals surface area contributed by atoms with Crippen molar-refractivity contribution < 1.29 is 28.9 Å². The van der Waals surface area contributed by atoms with Crippen LogP contribution >= 0.6 is 0 Å². The lowest BCUT2D eigenvalue weighted by molar-refractivity contribution is -0.136. The van der Waals surface area contributed by atoms with Crippen LogP contribution in [0.4, 0.5) is 0 Å². The molecule has 8 heteroatoms. The molecule has 1 atom stereocenters. The van der Waals surface area contributed by atoms with Gasteiger partial charge < -0.3 is 29.5 Å². The number of fused-ring (bicyclic) bond motifs is 1. The van der Waals surface area contributed by atoms with Crippen LogP contribution < -0.4 is 19.5 Å². The lowest BCUT2D eigenvalue weighted by atomic mass is 9.78. The van der Waals surface area contributed by atoms with Gasteiger partial charge in [0.1, 0.15) is 5.75 Å². The van der Waals surface area contributed by atoms with Gasteiger partial charge in [-0.1, -0.05) is 13.0 Å². The number of aryl methyl sites for hydroxylation is 1. The quantitative estimate of drug-likeness (QED) is 0.455. The average Bonchev–Trinajstić information content (AvgIpc) is 2.82. The molecule has 36 heavy (non-hydrogen) atoms. The maximum Gasteiger partial charge on any atom is 0.307 e. The number of rotatable bonds is 11. The minimum atomic E-state index is -0.915. The summed E-state index contributed by atoms with van der Waals surface area (Å²) in [5.41, 5.74) is 5.00. The number of carboxylic acids is 1. The normalized spacial score (nSPS) is 13.6. The molecule has 0 spiro atoms. The minimum Gasteiger partial charge on any atom is -0.496 e. The molecular formula is C28H40N2O6. The van der Waals surface area contributed by atoms with Gasteiger partial charge >= 0.3 is 5.97 Å². The van der Waals surface area contributed by atoms with Crippen LogP contribution in [0.15, 0.2) is 24.3 Å². The van der Waals surface area contributed by atoms with Gasteiger partial charge in [-0.15, -0.1) is 0 Å². The summed E-state index contributed by atoms with van der Waals surface area (Å²) in [6.07, 6.45) is 2.09. The summed E-state index contributed by atoms with van der Waals surface area (Å²) in [5, 5.41) is 11.9. The van der Waals surface area contributed by atoms with Crippen molar-refractivity contribution in [3.63, 3.8) is 0 Å². The molecule has 2 aromatic rings. The van der Waals surface area contributed by atoms with Gasteiger partial charge in [0.25, 0.3) is 0 Å². The molecule has 0 radical (unpaired) electrons. The highest BCUT2D eigenvalue weighted by Gasteiger charge is 2.24. The third-order valence-electron chi connectivity index (χ3n) is 6.22. The van der Waals surface area contributed by atoms with Gasteiger partial charge in [0.2, 0.25) is 5.91 Å². The fourth-order valence-corrected chi connectivity index (χ4v) is 4.24. The zero-order valence-electron chi connectivity index (χ0n) is 22.6. The lowest BCUT2D eigenvalue weighted by Crippen LogP contribution is -2.28. The van der Waals surface area contributed by atoms with Crippen LogP contribution in [0, 0.1) is 6.92 Å². The van der Waals surface area contributed by atoms with Crippen molar-refractivity contribution in [1.29, 1.82) is 0 Å². The van der Waals surface area contributed by atoms with Crippen LogP contribution in [0.25, 0.3) is 0 Å². The van der Waals surface area contributed by atoms with Crippen molar-refractivity contribution in [3.8, 4) is 17.2 Å². The number of aliphatic carboxylic acids is 1. The van der Waals surface area contributed by atoms with Gasteiger partial charge in [0.15, 0.2) is 11.5 Å². The van der Waals surface area contributed by atoms with E-state index in [2.05, 4.69) is 29.3 Å². The van der Waals surface area contributed by atoms with E-state index in [4.69, 9.17) is 19.3 Å². The van der Waals surface area contributed by atoms with Gasteiger partial charge in [-0.05, 0) is 92.3 Å². The Kier molecular flexibility index (Phi) is 11.0. The Hall–Kier alpha value is -3.26. The lowest BCUT2D eigenvalue weighted by Gasteiger charge is -2.28. The maximum atomic E-state index is 12.1. The number of hydrogen-bond donors (Lipinski definition) is 2. The molecule has 198 valence electrons. The van der Waals surface area contributed by atoms with Crippen LogP contribution in [-0.2, 0) is 28.9 Å². The Morgan fingerprint density at radius 3 is 2.14 bits per heavy atom. The highest BCUT2D eigenvalue weighted by molar-refractivity contribution is 5.80. The van der Waals surface area contributed by atoms with Gasteiger partial charge in [-0.2, -0.15) is 0 Å². The van der Waals surface area contributed by atoms with Crippen LogP contribution in [-0.4, -0.2) is 70.4 Å². The number of amides is 1. The monoisotopic (exact) mass is 500 g/mol. The van der Waals surface area contributed by atoms with E-state index in [9.17, 15) is 9.59 Å². The second kappa shape index (κ2) is 13.7. The topological polar surface area (TPSA) is 97.3 Å². The zero-order chi connectivity index (χ0) is 26.8. The number of carbonyl (C=O) groups is 2. The summed E-state index contributed by atoms with van der Waals surface area (Å²) in [6, 6.07) is 7.70. The fourth-order valence-electron chi connectivity index (χ4n) is 4.24. The first-order chi connectivity index (χ1) is 17.1. The third kappa shape index (κ3) is 8.16. The molecule has 0 fully saturated rings. The van der Waals surface area contributed by atoms with E-state index in [-0.39, 0.29) is 18.7 Å². The van der Waals surface area contributed by atoms with Gasteiger partial charge in [0.05, 0.1) is 34.2 Å². The Labute approximate surface area is 214 Å². The Balaban J connectivity index is 0.000000293. The van der Waals surface area contributed by atoms with Crippen LogP contribution in [0.2, 0.25) is 0 Å². The SMILES string of the molecule is COc1cc(CC(=O)NCCCN(C)C)c(CC(=O)O)cc1C.COc1cc2c(cc1OC)C(C)C2. The summed E-state index contributed by atoms with van der Waals surface area (Å²) < 4.78 is 15.7. The molecule has 0 saturated heterocycles. The Morgan fingerprint density at radius 1 is 0.972 bits per heavy atom. The number of carboxylic acid groups (broad SMARTS) is 1. The van der Waals surface area contributed by atoms with Crippen molar-refractivity contribution in [1.82, 2.24) is 10.2 Å². The largest absolute Gasteiger partial charge is 0.496 e. The minimum absolute atomic E-state index is 0.103. The molecule has 1 unspecified atom stereocenters. The predicted molar refractivity (Wildman–Crippen MR) is 141 cm³/mol. The summed E-state index contributed by atoms with van der Waals surface area (Å²) in [7, 11) is 8.88. The first kappa shape index (κ1) is 29.0. The molecule has 1 aliphatic carbocycles. The number of methoxy groups -OCH3 is 3. The highest BCUT2D eigenvalue weighted by Crippen LogP contribution is 2.41. The van der Waals surface area contributed by atoms with Gasteiger partial charge in [-0.3, -0.25) is 9.59 Å². The molecule has 0 aromatic heterocycles. The van der Waals surface area contributed by atoms with Crippen molar-refractivity contribution in [2.75, 3.05) is 48.5 Å². The fraction of sp³-hybridized carbons (Fsp3) is 0.500. The number of carbonyl (C=O) groups excluding carboxylic acids is 1. The zero-order valence-corrected chi connectivity index (χ0v) is 22.6. The molecule has 0 saturated carbocycles. The van der Waals surface area contributed by atoms with Crippen LogP contribution in [0.3, 0.4) is 0 Å². The summed E-state index contributed by atoms with van der Waals surface area (Å²) in [6.45, 7) is 5.60. The predicted octanol–water partition coefficient (Wildman–Crippen LogP) is 3.60. The second-order valence-corrected chi connectivity index (χ2v) is 9.36. The molecule has 8 nitrogen and oxygen atoms in total. The van der Waals surface area contributed by atoms with E-state index in [1.54, 1.807) is 33.5 Å². The standard InChI is InChI=1S/C17H26N2O4.C11H14O2/c1-12-8-13(11-17(21)22)14(9-15(12)23-4)10-16(20)18-6-5-7-19(2)3;1-7-4-8-5-10(12-2)11(13-3)6-9(7)8/h8-9H,5-7,10-11H2,1-4H3,(H,18,20)(H,21,22);5-7H,4H2,1-3H3. The molecular weight excluding hydrogens is 460 g/mol. The second-order valence-electron chi connectivity index (χ2n) is 9.36. The van der Waals surface area contributed by atoms with E-state index in [1.807, 2.05) is 21.0 Å². The summed E-state index contributed by atoms with van der Waals surface area (Å²) in [4.78, 5) is 25.1. The first-order valence-corrected chi connectivity index (χ1v) is 12.1. The smallest absolute Gasteiger partial charge is 0.307 e. The first-order valence-electron chi connectivity index (χ1n) is 12.1. The van der Waals surface area contributed by atoms with E-state index in [0.717, 1.165) is 36.4 Å². The van der Waals surface area contributed by atoms with E-state index in [1.165, 1.54) is 11.1 Å².